The van der Waals surface area contributed by atoms with Crippen LogP contribution in [-0.4, -0.2) is 24.8 Å². The summed E-state index contributed by atoms with van der Waals surface area (Å²) >= 11 is 0. The molecule has 2 aromatic carbocycles. The number of amides is 1. The Balaban J connectivity index is 1.80. The number of fused-ring (bicyclic) bond motifs is 1. The number of carbonyl (C=O) groups is 1. The van der Waals surface area contributed by atoms with Crippen LogP contribution in [0.5, 0.6) is 0 Å². The van der Waals surface area contributed by atoms with E-state index < -0.39 is 23.0 Å². The number of nitrogens with one attached hydrogen (secondary N) is 1. The number of aromatic nitrogens is 4. The number of benzene rings is 2. The highest BCUT2D eigenvalue weighted by molar-refractivity contribution is 5.91. The van der Waals surface area contributed by atoms with E-state index in [-0.39, 0.29) is 18.6 Å². The Kier molecular flexibility index (Phi) is 6.45. The quantitative estimate of drug-likeness (QED) is 0.456. The van der Waals surface area contributed by atoms with Crippen LogP contribution in [0, 0.1) is 12.7 Å². The molecule has 0 fully saturated rings. The fourth-order valence-corrected chi connectivity index (χ4v) is 4.06. The van der Waals surface area contributed by atoms with Gasteiger partial charge in [0.15, 0.2) is 5.52 Å². The van der Waals surface area contributed by atoms with Gasteiger partial charge >= 0.3 is 5.69 Å². The standard InChI is InChI=1S/C25H26FN5O3/c1-4-17-7-6-8-20(13-17)27-21(32)15-29-22-16(3)28-31(5-2)23(22)24(33)30(25(29)34)14-18-9-11-19(26)12-10-18/h6-13H,4-5,14-15H2,1-3H3,(H,27,32). The van der Waals surface area contributed by atoms with Crippen LogP contribution in [0.1, 0.15) is 30.7 Å². The van der Waals surface area contributed by atoms with Crippen molar-refractivity contribution in [2.75, 3.05) is 5.32 Å². The molecule has 0 aliphatic heterocycles. The summed E-state index contributed by atoms with van der Waals surface area (Å²) in [6, 6.07) is 13.1. The van der Waals surface area contributed by atoms with Crippen LogP contribution in [0.25, 0.3) is 11.0 Å². The first-order valence-electron chi connectivity index (χ1n) is 11.2. The van der Waals surface area contributed by atoms with Gasteiger partial charge in [-0.2, -0.15) is 5.10 Å². The number of rotatable bonds is 7. The summed E-state index contributed by atoms with van der Waals surface area (Å²) in [5.41, 5.74) is 2.25. The molecule has 0 aliphatic carbocycles. The number of anilines is 1. The number of hydrogen-bond donors (Lipinski definition) is 1. The zero-order valence-electron chi connectivity index (χ0n) is 19.3. The number of aryl methyl sites for hydroxylation is 3. The molecule has 4 aromatic rings. The van der Waals surface area contributed by atoms with E-state index in [1.807, 2.05) is 32.0 Å². The van der Waals surface area contributed by atoms with E-state index in [9.17, 15) is 18.8 Å². The van der Waals surface area contributed by atoms with Gasteiger partial charge in [0.05, 0.1) is 12.2 Å². The molecule has 0 spiro atoms. The molecule has 1 N–H and O–H groups in total. The van der Waals surface area contributed by atoms with Gasteiger partial charge in [-0.15, -0.1) is 0 Å². The van der Waals surface area contributed by atoms with E-state index in [4.69, 9.17) is 0 Å². The average molecular weight is 464 g/mol. The smallest absolute Gasteiger partial charge is 0.325 e. The third-order valence-electron chi connectivity index (χ3n) is 5.75. The van der Waals surface area contributed by atoms with E-state index in [0.717, 1.165) is 16.6 Å². The lowest BCUT2D eigenvalue weighted by atomic mass is 10.1. The summed E-state index contributed by atoms with van der Waals surface area (Å²) in [7, 11) is 0. The minimum atomic E-state index is -0.627. The normalized spacial score (nSPS) is 11.2. The van der Waals surface area contributed by atoms with E-state index in [1.165, 1.54) is 33.5 Å². The van der Waals surface area contributed by atoms with Gasteiger partial charge in [0.1, 0.15) is 17.9 Å². The lowest BCUT2D eigenvalue weighted by Gasteiger charge is -2.14. The monoisotopic (exact) mass is 463 g/mol. The molecule has 0 radical (unpaired) electrons. The van der Waals surface area contributed by atoms with Crippen molar-refractivity contribution in [3.63, 3.8) is 0 Å². The lowest BCUT2D eigenvalue weighted by molar-refractivity contribution is -0.116. The van der Waals surface area contributed by atoms with Gasteiger partial charge < -0.3 is 5.32 Å². The Morgan fingerprint density at radius 2 is 1.74 bits per heavy atom. The Morgan fingerprint density at radius 3 is 2.41 bits per heavy atom. The number of nitrogens with zero attached hydrogens (tertiary/aromatic N) is 4. The molecular weight excluding hydrogens is 437 g/mol. The van der Waals surface area contributed by atoms with Crippen molar-refractivity contribution < 1.29 is 9.18 Å². The van der Waals surface area contributed by atoms with Gasteiger partial charge in [-0.25, -0.2) is 9.18 Å². The van der Waals surface area contributed by atoms with Gasteiger partial charge in [-0.1, -0.05) is 31.2 Å². The molecule has 176 valence electrons. The summed E-state index contributed by atoms with van der Waals surface area (Å²) in [5, 5.41) is 7.24. The molecule has 2 aromatic heterocycles. The van der Waals surface area contributed by atoms with E-state index >= 15 is 0 Å². The number of carbonyl (C=O) groups excluding carboxylic acids is 1. The van der Waals surface area contributed by atoms with Gasteiger partial charge in [0.2, 0.25) is 5.91 Å². The lowest BCUT2D eigenvalue weighted by Crippen LogP contribution is -2.42. The third-order valence-corrected chi connectivity index (χ3v) is 5.75. The number of halogens is 1. The Morgan fingerprint density at radius 1 is 1.00 bits per heavy atom. The first-order valence-corrected chi connectivity index (χ1v) is 11.2. The molecule has 34 heavy (non-hydrogen) atoms. The molecule has 0 aliphatic rings. The number of hydrogen-bond acceptors (Lipinski definition) is 4. The summed E-state index contributed by atoms with van der Waals surface area (Å²) < 4.78 is 17.2. The maximum atomic E-state index is 13.4. The van der Waals surface area contributed by atoms with Gasteiger partial charge in [0.25, 0.3) is 5.56 Å². The highest BCUT2D eigenvalue weighted by atomic mass is 19.1. The highest BCUT2D eigenvalue weighted by Crippen LogP contribution is 2.15. The van der Waals surface area contributed by atoms with Crippen LogP contribution in [0.2, 0.25) is 0 Å². The van der Waals surface area contributed by atoms with E-state index in [0.29, 0.717) is 29.0 Å². The second-order valence-corrected chi connectivity index (χ2v) is 8.09. The predicted molar refractivity (Wildman–Crippen MR) is 129 cm³/mol. The van der Waals surface area contributed by atoms with Crippen molar-refractivity contribution in [1.82, 2.24) is 18.9 Å². The predicted octanol–water partition coefficient (Wildman–Crippen LogP) is 3.08. The zero-order valence-corrected chi connectivity index (χ0v) is 19.3. The minimum absolute atomic E-state index is 0.0536. The first-order chi connectivity index (χ1) is 16.3. The topological polar surface area (TPSA) is 90.9 Å². The van der Waals surface area contributed by atoms with Crippen LogP contribution >= 0.6 is 0 Å². The molecule has 0 atom stereocenters. The minimum Gasteiger partial charge on any atom is -0.325 e. The van der Waals surface area contributed by atoms with Crippen molar-refractivity contribution >= 4 is 22.6 Å². The SMILES string of the molecule is CCc1cccc(NC(=O)Cn2c(=O)n(Cc3ccc(F)cc3)c(=O)c3c2c(C)nn3CC)c1. The maximum Gasteiger partial charge on any atom is 0.332 e. The molecule has 1 amide bonds. The maximum absolute atomic E-state index is 13.4. The second-order valence-electron chi connectivity index (χ2n) is 8.09. The summed E-state index contributed by atoms with van der Waals surface area (Å²) in [4.78, 5) is 39.7. The Bertz CT molecular complexity index is 1480. The molecular formula is C25H26FN5O3. The molecule has 2 heterocycles. The van der Waals surface area contributed by atoms with Crippen LogP contribution in [0.15, 0.2) is 58.1 Å². The fourth-order valence-electron chi connectivity index (χ4n) is 4.06. The van der Waals surface area contributed by atoms with Crippen molar-refractivity contribution in [2.24, 2.45) is 0 Å². The van der Waals surface area contributed by atoms with Gasteiger partial charge in [-0.05, 0) is 55.7 Å². The molecule has 8 nitrogen and oxygen atoms in total. The Labute approximate surface area is 195 Å². The largest absolute Gasteiger partial charge is 0.332 e. The van der Waals surface area contributed by atoms with Crippen LogP contribution in [0.4, 0.5) is 10.1 Å². The van der Waals surface area contributed by atoms with E-state index in [2.05, 4.69) is 10.4 Å². The Hall–Kier alpha value is -4.01. The zero-order chi connectivity index (χ0) is 24.4. The van der Waals surface area contributed by atoms with Crippen LogP contribution < -0.4 is 16.6 Å². The molecule has 0 unspecified atom stereocenters. The highest BCUT2D eigenvalue weighted by Gasteiger charge is 2.21. The summed E-state index contributed by atoms with van der Waals surface area (Å²) in [6.07, 6.45) is 0.827. The molecule has 9 heteroatoms. The average Bonchev–Trinajstić information content (AvgIpc) is 3.17. The fraction of sp³-hybridized carbons (Fsp3) is 0.280. The molecule has 4 rings (SSSR count). The molecule has 0 saturated carbocycles. The van der Waals surface area contributed by atoms with Crippen molar-refractivity contribution in [3.05, 3.63) is 92.0 Å². The van der Waals surface area contributed by atoms with Crippen molar-refractivity contribution in [1.29, 1.82) is 0 Å². The van der Waals surface area contributed by atoms with Crippen LogP contribution in [-0.2, 0) is 30.8 Å². The first kappa shape index (κ1) is 23.2. The second kappa shape index (κ2) is 9.46. The van der Waals surface area contributed by atoms with Crippen molar-refractivity contribution in [2.45, 2.75) is 46.8 Å². The van der Waals surface area contributed by atoms with Crippen molar-refractivity contribution in [3.8, 4) is 0 Å². The molecule has 0 bridgehead atoms. The summed E-state index contributed by atoms with van der Waals surface area (Å²) in [5.74, 6) is -0.806. The third kappa shape index (κ3) is 4.41. The summed E-state index contributed by atoms with van der Waals surface area (Å²) in [6.45, 7) is 5.66. The van der Waals surface area contributed by atoms with Crippen LogP contribution in [0.3, 0.4) is 0 Å². The van der Waals surface area contributed by atoms with E-state index in [1.54, 1.807) is 13.0 Å². The molecule has 0 saturated heterocycles. The van der Waals surface area contributed by atoms with Gasteiger partial charge in [-0.3, -0.25) is 23.4 Å². The van der Waals surface area contributed by atoms with Gasteiger partial charge in [0, 0.05) is 12.2 Å².